The van der Waals surface area contributed by atoms with E-state index in [-0.39, 0.29) is 12.5 Å². The molecule has 322 valence electrons. The zero-order valence-electron chi connectivity index (χ0n) is 36.9. The molecule has 0 heterocycles. The lowest BCUT2D eigenvalue weighted by molar-refractivity contribution is -0.123. The van der Waals surface area contributed by atoms with Crippen molar-refractivity contribution in [3.8, 4) is 0 Å². The molecule has 0 aromatic heterocycles. The molecule has 0 fully saturated rings. The van der Waals surface area contributed by atoms with Gasteiger partial charge in [-0.25, -0.2) is 0 Å². The summed E-state index contributed by atoms with van der Waals surface area (Å²) >= 11 is 0. The van der Waals surface area contributed by atoms with Gasteiger partial charge in [-0.3, -0.25) is 4.79 Å². The summed E-state index contributed by atoms with van der Waals surface area (Å²) in [5.74, 6) is -0.0745. The van der Waals surface area contributed by atoms with Gasteiger partial charge in [-0.05, 0) is 64.2 Å². The van der Waals surface area contributed by atoms with Crippen molar-refractivity contribution in [1.82, 2.24) is 5.32 Å². The Labute approximate surface area is 344 Å². The molecule has 2 atom stereocenters. The first kappa shape index (κ1) is 53.4. The van der Waals surface area contributed by atoms with Crippen molar-refractivity contribution in [2.45, 2.75) is 264 Å². The van der Waals surface area contributed by atoms with Crippen LogP contribution in [-0.2, 0) is 4.79 Å². The number of aliphatic hydroxyl groups excluding tert-OH is 2. The van der Waals surface area contributed by atoms with E-state index in [0.29, 0.717) is 6.42 Å². The van der Waals surface area contributed by atoms with Crippen molar-refractivity contribution in [3.63, 3.8) is 0 Å². The van der Waals surface area contributed by atoms with Crippen molar-refractivity contribution in [1.29, 1.82) is 0 Å². The standard InChI is InChI=1S/C51H95NO3/c1-3-5-7-9-11-13-15-17-18-19-20-21-22-23-24-25-26-27-28-29-30-31-32-33-34-35-37-39-41-43-45-47-51(55)52-49(48-53)50(54)46-44-42-40-38-36-16-14-12-10-8-6-4-2/h20-21,23-24,36,38,44,46,49-50,53-54H,3-19,22,25-35,37,39-43,45,47-48H2,1-2H3,(H,52,55)/b21-20-,24-23-,38-36+,46-44+. The number of aliphatic hydroxyl groups is 2. The highest BCUT2D eigenvalue weighted by Gasteiger charge is 2.17. The SMILES string of the molecule is CCCCCCCC/C=C/CC/C=C/C(O)C(CO)NC(=O)CCCCCCCCCCCCCCCCC/C=C\C/C=C\CCCCCCCCCCC. The molecule has 0 rings (SSSR count). The summed E-state index contributed by atoms with van der Waals surface area (Å²) in [5.41, 5.74) is 0. The molecule has 0 saturated heterocycles. The fourth-order valence-corrected chi connectivity index (χ4v) is 7.28. The maximum absolute atomic E-state index is 12.4. The number of hydrogen-bond donors (Lipinski definition) is 3. The van der Waals surface area contributed by atoms with Gasteiger partial charge < -0.3 is 15.5 Å². The van der Waals surface area contributed by atoms with Gasteiger partial charge in [0.1, 0.15) is 0 Å². The lowest BCUT2D eigenvalue weighted by atomic mass is 10.0. The highest BCUT2D eigenvalue weighted by molar-refractivity contribution is 5.76. The van der Waals surface area contributed by atoms with Crippen LogP contribution in [0.2, 0.25) is 0 Å². The Bertz CT molecular complexity index is 877. The summed E-state index contributed by atoms with van der Waals surface area (Å²) in [4.78, 5) is 12.4. The van der Waals surface area contributed by atoms with Crippen molar-refractivity contribution in [3.05, 3.63) is 48.6 Å². The van der Waals surface area contributed by atoms with E-state index in [1.165, 1.54) is 193 Å². The average Bonchev–Trinajstić information content (AvgIpc) is 3.19. The summed E-state index contributed by atoms with van der Waals surface area (Å²) in [6, 6.07) is -0.638. The molecule has 0 aliphatic carbocycles. The van der Waals surface area contributed by atoms with Crippen LogP contribution in [0.3, 0.4) is 0 Å². The third kappa shape index (κ3) is 43.3. The van der Waals surface area contributed by atoms with Crippen LogP contribution >= 0.6 is 0 Å². The van der Waals surface area contributed by atoms with Crippen LogP contribution in [0.15, 0.2) is 48.6 Å². The third-order valence-electron chi connectivity index (χ3n) is 11.0. The number of amides is 1. The van der Waals surface area contributed by atoms with Gasteiger partial charge in [0.25, 0.3) is 0 Å². The predicted molar refractivity (Wildman–Crippen MR) is 244 cm³/mol. The van der Waals surface area contributed by atoms with E-state index in [1.54, 1.807) is 6.08 Å². The van der Waals surface area contributed by atoms with Crippen LogP contribution in [0.5, 0.6) is 0 Å². The number of allylic oxidation sites excluding steroid dienone is 7. The molecule has 4 heteroatoms. The van der Waals surface area contributed by atoms with Crippen molar-refractivity contribution < 1.29 is 15.0 Å². The number of carbonyl (C=O) groups excluding carboxylic acids is 1. The van der Waals surface area contributed by atoms with Gasteiger partial charge in [0.05, 0.1) is 18.8 Å². The van der Waals surface area contributed by atoms with Gasteiger partial charge >= 0.3 is 0 Å². The van der Waals surface area contributed by atoms with E-state index >= 15 is 0 Å². The van der Waals surface area contributed by atoms with Crippen LogP contribution in [0.25, 0.3) is 0 Å². The van der Waals surface area contributed by atoms with Crippen LogP contribution in [-0.4, -0.2) is 34.9 Å². The normalized spacial score (nSPS) is 13.3. The molecule has 0 aliphatic rings. The van der Waals surface area contributed by atoms with E-state index in [0.717, 1.165) is 38.5 Å². The molecular formula is C51H95NO3. The Balaban J connectivity index is 3.49. The molecule has 0 spiro atoms. The predicted octanol–water partition coefficient (Wildman–Crippen LogP) is 15.5. The average molecular weight is 770 g/mol. The second kappa shape index (κ2) is 46.7. The second-order valence-corrected chi connectivity index (χ2v) is 16.5. The van der Waals surface area contributed by atoms with Crippen LogP contribution in [0.1, 0.15) is 251 Å². The van der Waals surface area contributed by atoms with E-state index in [1.807, 2.05) is 6.08 Å². The molecule has 0 radical (unpaired) electrons. The summed E-state index contributed by atoms with van der Waals surface area (Å²) in [6.07, 6.45) is 63.9. The molecule has 0 saturated carbocycles. The zero-order chi connectivity index (χ0) is 40.0. The van der Waals surface area contributed by atoms with E-state index in [9.17, 15) is 15.0 Å². The van der Waals surface area contributed by atoms with Gasteiger partial charge in [-0.15, -0.1) is 0 Å². The minimum absolute atomic E-state index is 0.0745. The van der Waals surface area contributed by atoms with Crippen molar-refractivity contribution in [2.75, 3.05) is 6.61 Å². The molecule has 0 aromatic carbocycles. The Hall–Kier alpha value is -1.65. The van der Waals surface area contributed by atoms with E-state index < -0.39 is 12.1 Å². The minimum atomic E-state index is -0.861. The molecule has 2 unspecified atom stereocenters. The highest BCUT2D eigenvalue weighted by atomic mass is 16.3. The summed E-state index contributed by atoms with van der Waals surface area (Å²) in [5, 5.41) is 23.0. The Morgan fingerprint density at radius 1 is 0.436 bits per heavy atom. The molecule has 0 aromatic rings. The minimum Gasteiger partial charge on any atom is -0.394 e. The summed E-state index contributed by atoms with van der Waals surface area (Å²) in [6.45, 7) is 4.28. The van der Waals surface area contributed by atoms with Crippen LogP contribution in [0.4, 0.5) is 0 Å². The fourth-order valence-electron chi connectivity index (χ4n) is 7.28. The quantitative estimate of drug-likeness (QED) is 0.0427. The highest BCUT2D eigenvalue weighted by Crippen LogP contribution is 2.15. The first-order valence-corrected chi connectivity index (χ1v) is 24.4. The largest absolute Gasteiger partial charge is 0.394 e. The zero-order valence-corrected chi connectivity index (χ0v) is 36.9. The van der Waals surface area contributed by atoms with Crippen LogP contribution < -0.4 is 5.32 Å². The van der Waals surface area contributed by atoms with Gasteiger partial charge in [0, 0.05) is 6.42 Å². The maximum Gasteiger partial charge on any atom is 0.220 e. The number of rotatable bonds is 44. The fraction of sp³-hybridized carbons (Fsp3) is 0.824. The topological polar surface area (TPSA) is 69.6 Å². The number of carbonyl (C=O) groups is 1. The molecule has 55 heavy (non-hydrogen) atoms. The van der Waals surface area contributed by atoms with E-state index in [2.05, 4.69) is 55.6 Å². The van der Waals surface area contributed by atoms with Gasteiger partial charge in [-0.2, -0.15) is 0 Å². The molecule has 4 nitrogen and oxygen atoms in total. The van der Waals surface area contributed by atoms with Gasteiger partial charge in [0.15, 0.2) is 0 Å². The van der Waals surface area contributed by atoms with Gasteiger partial charge in [-0.1, -0.05) is 229 Å². The Kier molecular flexibility index (Phi) is 45.3. The monoisotopic (exact) mass is 770 g/mol. The number of nitrogens with one attached hydrogen (secondary N) is 1. The Morgan fingerprint density at radius 2 is 0.764 bits per heavy atom. The third-order valence-corrected chi connectivity index (χ3v) is 11.0. The maximum atomic E-state index is 12.4. The van der Waals surface area contributed by atoms with Crippen LogP contribution in [0, 0.1) is 0 Å². The van der Waals surface area contributed by atoms with Crippen molar-refractivity contribution >= 4 is 5.91 Å². The molecule has 0 bridgehead atoms. The lowest BCUT2D eigenvalue weighted by Crippen LogP contribution is -2.45. The van der Waals surface area contributed by atoms with Gasteiger partial charge in [0.2, 0.25) is 5.91 Å². The molecule has 0 aliphatic heterocycles. The first-order valence-electron chi connectivity index (χ1n) is 24.4. The lowest BCUT2D eigenvalue weighted by Gasteiger charge is -2.19. The molecular weight excluding hydrogens is 675 g/mol. The van der Waals surface area contributed by atoms with Crippen molar-refractivity contribution in [2.24, 2.45) is 0 Å². The number of unbranched alkanes of at least 4 members (excludes halogenated alkanes) is 31. The summed E-state index contributed by atoms with van der Waals surface area (Å²) < 4.78 is 0. The Morgan fingerprint density at radius 3 is 1.16 bits per heavy atom. The second-order valence-electron chi connectivity index (χ2n) is 16.5. The molecule has 3 N–H and O–H groups in total. The first-order chi connectivity index (χ1) is 27.2. The number of hydrogen-bond acceptors (Lipinski definition) is 3. The van der Waals surface area contributed by atoms with E-state index in [4.69, 9.17) is 0 Å². The smallest absolute Gasteiger partial charge is 0.220 e. The molecule has 1 amide bonds. The summed E-state index contributed by atoms with van der Waals surface area (Å²) in [7, 11) is 0.